The molecule has 6 heteroatoms. The van der Waals surface area contributed by atoms with Crippen molar-refractivity contribution in [3.63, 3.8) is 0 Å². The van der Waals surface area contributed by atoms with Crippen LogP contribution in [0.3, 0.4) is 0 Å². The highest BCUT2D eigenvalue weighted by atomic mass is 16.4. The summed E-state index contributed by atoms with van der Waals surface area (Å²) < 4.78 is 3.30. The number of aryl methyl sites for hydroxylation is 1. The van der Waals surface area contributed by atoms with Crippen LogP contribution in [0.4, 0.5) is 0 Å². The highest BCUT2D eigenvalue weighted by molar-refractivity contribution is 5.94. The highest BCUT2D eigenvalue weighted by Gasteiger charge is 2.18. The average Bonchev–Trinajstić information content (AvgIpc) is 2.83. The molecule has 0 aliphatic carbocycles. The number of nitrogens with zero attached hydrogens (tertiary/aromatic N) is 4. The van der Waals surface area contributed by atoms with Gasteiger partial charge in [0.15, 0.2) is 0 Å². The number of carbonyl (C=O) groups is 1. The first-order valence-electron chi connectivity index (χ1n) is 5.77. The first-order valence-corrected chi connectivity index (χ1v) is 5.77. The number of carboxylic acid groups (broad SMARTS) is 1. The summed E-state index contributed by atoms with van der Waals surface area (Å²) in [5, 5.41) is 17.6. The Morgan fingerprint density at radius 3 is 2.67 bits per heavy atom. The van der Waals surface area contributed by atoms with Gasteiger partial charge < -0.3 is 5.11 Å². The standard InChI is InChI=1S/C12H16N4O2/c1-8(2)5-16-7-10(12(17)18)11(14-16)9-4-13-15(3)6-9/h4,6-8H,5H2,1-3H3,(H,17,18). The number of aromatic carboxylic acids is 1. The molecule has 0 radical (unpaired) electrons. The quantitative estimate of drug-likeness (QED) is 0.892. The summed E-state index contributed by atoms with van der Waals surface area (Å²) in [7, 11) is 1.79. The molecule has 0 atom stereocenters. The van der Waals surface area contributed by atoms with Crippen LogP contribution in [0, 0.1) is 5.92 Å². The molecule has 1 N–H and O–H groups in total. The van der Waals surface area contributed by atoms with Crippen molar-refractivity contribution in [2.45, 2.75) is 20.4 Å². The molecule has 0 aliphatic heterocycles. The van der Waals surface area contributed by atoms with E-state index in [4.69, 9.17) is 0 Å². The van der Waals surface area contributed by atoms with Gasteiger partial charge in [0.1, 0.15) is 11.3 Å². The number of hydrogen-bond donors (Lipinski definition) is 1. The summed E-state index contributed by atoms with van der Waals surface area (Å²) in [6, 6.07) is 0. The van der Waals surface area contributed by atoms with Crippen LogP contribution >= 0.6 is 0 Å². The fraction of sp³-hybridized carbons (Fsp3) is 0.417. The Kier molecular flexibility index (Phi) is 3.18. The lowest BCUT2D eigenvalue weighted by Gasteiger charge is -2.03. The summed E-state index contributed by atoms with van der Waals surface area (Å²) in [5.74, 6) is -0.558. The van der Waals surface area contributed by atoms with Crippen molar-refractivity contribution in [2.75, 3.05) is 0 Å². The predicted molar refractivity (Wildman–Crippen MR) is 66.2 cm³/mol. The maximum absolute atomic E-state index is 11.2. The fourth-order valence-electron chi connectivity index (χ4n) is 1.80. The van der Waals surface area contributed by atoms with Crippen molar-refractivity contribution in [3.05, 3.63) is 24.2 Å². The molecule has 0 bridgehead atoms. The maximum Gasteiger partial charge on any atom is 0.339 e. The summed E-state index contributed by atoms with van der Waals surface area (Å²) in [5.41, 5.74) is 1.40. The molecule has 0 aliphatic rings. The molecule has 0 aromatic carbocycles. The van der Waals surface area contributed by atoms with Gasteiger partial charge in [0, 0.05) is 31.5 Å². The third kappa shape index (κ3) is 2.42. The zero-order valence-corrected chi connectivity index (χ0v) is 10.7. The molecular formula is C12H16N4O2. The molecule has 6 nitrogen and oxygen atoms in total. The largest absolute Gasteiger partial charge is 0.478 e. The monoisotopic (exact) mass is 248 g/mol. The first-order chi connectivity index (χ1) is 8.47. The molecule has 0 saturated carbocycles. The van der Waals surface area contributed by atoms with Gasteiger partial charge >= 0.3 is 5.97 Å². The molecule has 0 saturated heterocycles. The Hall–Kier alpha value is -2.11. The van der Waals surface area contributed by atoms with E-state index in [2.05, 4.69) is 24.0 Å². The highest BCUT2D eigenvalue weighted by Crippen LogP contribution is 2.21. The van der Waals surface area contributed by atoms with Gasteiger partial charge in [0.2, 0.25) is 0 Å². The Balaban J connectivity index is 2.44. The second-order valence-corrected chi connectivity index (χ2v) is 4.72. The summed E-state index contributed by atoms with van der Waals surface area (Å²) >= 11 is 0. The van der Waals surface area contributed by atoms with Crippen molar-refractivity contribution in [1.29, 1.82) is 0 Å². The second kappa shape index (κ2) is 4.64. The van der Waals surface area contributed by atoms with Gasteiger partial charge in [-0.25, -0.2) is 4.79 Å². The molecule has 0 amide bonds. The van der Waals surface area contributed by atoms with Gasteiger partial charge in [0.25, 0.3) is 0 Å². The van der Waals surface area contributed by atoms with Crippen molar-refractivity contribution >= 4 is 5.97 Å². The van der Waals surface area contributed by atoms with E-state index in [1.807, 2.05) is 0 Å². The Morgan fingerprint density at radius 1 is 1.44 bits per heavy atom. The zero-order valence-electron chi connectivity index (χ0n) is 10.7. The minimum atomic E-state index is -0.969. The average molecular weight is 248 g/mol. The third-order valence-electron chi connectivity index (χ3n) is 2.52. The van der Waals surface area contributed by atoms with Crippen LogP contribution in [0.15, 0.2) is 18.6 Å². The van der Waals surface area contributed by atoms with Crippen molar-refractivity contribution in [3.8, 4) is 11.3 Å². The fourth-order valence-corrected chi connectivity index (χ4v) is 1.80. The van der Waals surface area contributed by atoms with E-state index in [0.29, 0.717) is 18.2 Å². The van der Waals surface area contributed by atoms with E-state index in [1.54, 1.807) is 35.0 Å². The van der Waals surface area contributed by atoms with Crippen molar-refractivity contribution in [2.24, 2.45) is 13.0 Å². The Bertz CT molecular complexity index is 568. The van der Waals surface area contributed by atoms with Gasteiger partial charge in [-0.05, 0) is 5.92 Å². The van der Waals surface area contributed by atoms with Gasteiger partial charge in [-0.1, -0.05) is 13.8 Å². The maximum atomic E-state index is 11.2. The van der Waals surface area contributed by atoms with Gasteiger partial charge in [0.05, 0.1) is 6.20 Å². The van der Waals surface area contributed by atoms with Crippen molar-refractivity contribution in [1.82, 2.24) is 19.6 Å². The van der Waals surface area contributed by atoms with Crippen LogP contribution in [-0.4, -0.2) is 30.6 Å². The van der Waals surface area contributed by atoms with Crippen LogP contribution in [0.25, 0.3) is 11.3 Å². The lowest BCUT2D eigenvalue weighted by Crippen LogP contribution is -2.04. The summed E-state index contributed by atoms with van der Waals surface area (Å²) in [6.07, 6.45) is 4.95. The summed E-state index contributed by atoms with van der Waals surface area (Å²) in [6.45, 7) is 4.82. The van der Waals surface area contributed by atoms with Gasteiger partial charge in [-0.2, -0.15) is 10.2 Å². The molecule has 0 spiro atoms. The topological polar surface area (TPSA) is 72.9 Å². The third-order valence-corrected chi connectivity index (χ3v) is 2.52. The number of carboxylic acids is 1. The molecule has 2 aromatic rings. The molecular weight excluding hydrogens is 232 g/mol. The molecule has 0 unspecified atom stereocenters. The Labute approximate surface area is 105 Å². The predicted octanol–water partition coefficient (Wildman–Crippen LogP) is 1.64. The number of rotatable bonds is 4. The SMILES string of the molecule is CC(C)Cn1cc(C(=O)O)c(-c2cnn(C)c2)n1. The molecule has 96 valence electrons. The number of hydrogen-bond acceptors (Lipinski definition) is 3. The van der Waals surface area contributed by atoms with Crippen LogP contribution in [0.5, 0.6) is 0 Å². The lowest BCUT2D eigenvalue weighted by molar-refractivity contribution is 0.0697. The Morgan fingerprint density at radius 2 is 2.17 bits per heavy atom. The summed E-state index contributed by atoms with van der Waals surface area (Å²) in [4.78, 5) is 11.2. The zero-order chi connectivity index (χ0) is 13.3. The molecule has 2 aromatic heterocycles. The van der Waals surface area contributed by atoms with Gasteiger partial charge in [-0.15, -0.1) is 0 Å². The van der Waals surface area contributed by atoms with E-state index in [9.17, 15) is 9.90 Å². The van der Waals surface area contributed by atoms with Crippen LogP contribution in [-0.2, 0) is 13.6 Å². The lowest BCUT2D eigenvalue weighted by atomic mass is 10.1. The van der Waals surface area contributed by atoms with E-state index in [-0.39, 0.29) is 5.56 Å². The van der Waals surface area contributed by atoms with E-state index >= 15 is 0 Å². The van der Waals surface area contributed by atoms with Crippen LogP contribution in [0.2, 0.25) is 0 Å². The van der Waals surface area contributed by atoms with E-state index < -0.39 is 5.97 Å². The molecule has 18 heavy (non-hydrogen) atoms. The van der Waals surface area contributed by atoms with Crippen molar-refractivity contribution < 1.29 is 9.90 Å². The van der Waals surface area contributed by atoms with E-state index in [0.717, 1.165) is 5.56 Å². The second-order valence-electron chi connectivity index (χ2n) is 4.72. The minimum Gasteiger partial charge on any atom is -0.478 e. The van der Waals surface area contributed by atoms with Crippen LogP contribution < -0.4 is 0 Å². The van der Waals surface area contributed by atoms with Gasteiger partial charge in [-0.3, -0.25) is 9.36 Å². The first kappa shape index (κ1) is 12.3. The minimum absolute atomic E-state index is 0.212. The van der Waals surface area contributed by atoms with Crippen LogP contribution in [0.1, 0.15) is 24.2 Å². The van der Waals surface area contributed by atoms with E-state index in [1.165, 1.54) is 0 Å². The molecule has 2 heterocycles. The smallest absolute Gasteiger partial charge is 0.339 e. The molecule has 2 rings (SSSR count). The number of aromatic nitrogens is 4. The normalized spacial score (nSPS) is 11.1. The molecule has 0 fully saturated rings.